The molecule has 2 nitrogen and oxygen atoms in total. The molecule has 0 aromatic carbocycles. The molecule has 0 aromatic heterocycles. The first-order valence-electron chi connectivity index (χ1n) is 5.96. The molecule has 0 spiro atoms. The third kappa shape index (κ3) is 1.95. The third-order valence-corrected chi connectivity index (χ3v) is 4.29. The zero-order valence-electron chi connectivity index (χ0n) is 9.92. The molecule has 0 unspecified atom stereocenters. The lowest BCUT2D eigenvalue weighted by Gasteiger charge is -2.45. The van der Waals surface area contributed by atoms with Crippen molar-refractivity contribution in [3.8, 4) is 0 Å². The van der Waals surface area contributed by atoms with Gasteiger partial charge in [0.2, 0.25) is 5.91 Å². The normalized spacial score (nSPS) is 43.8. The minimum atomic E-state index is 0.00167. The number of fused-ring (bicyclic) bond motifs is 1. The molecule has 2 aliphatic rings. The van der Waals surface area contributed by atoms with Gasteiger partial charge in [-0.05, 0) is 43.9 Å². The molecular formula is C13H21NO. The third-order valence-electron chi connectivity index (χ3n) is 4.29. The van der Waals surface area contributed by atoms with Gasteiger partial charge in [-0.1, -0.05) is 19.1 Å². The van der Waals surface area contributed by atoms with Gasteiger partial charge in [0.25, 0.3) is 0 Å². The van der Waals surface area contributed by atoms with Crippen LogP contribution in [-0.2, 0) is 4.79 Å². The van der Waals surface area contributed by atoms with Crippen molar-refractivity contribution in [2.45, 2.75) is 45.6 Å². The van der Waals surface area contributed by atoms with Crippen LogP contribution in [0.5, 0.6) is 0 Å². The Morgan fingerprint density at radius 1 is 1.53 bits per heavy atom. The number of carbonyl (C=O) groups is 1. The Kier molecular flexibility index (Phi) is 2.61. The minimum Gasteiger partial charge on any atom is -0.351 e. The highest BCUT2D eigenvalue weighted by Crippen LogP contribution is 2.45. The van der Waals surface area contributed by atoms with Crippen LogP contribution in [-0.4, -0.2) is 11.4 Å². The minimum absolute atomic E-state index is 0.00167. The first kappa shape index (κ1) is 10.7. The van der Waals surface area contributed by atoms with Crippen molar-refractivity contribution >= 4 is 5.91 Å². The molecule has 0 radical (unpaired) electrons. The summed E-state index contributed by atoms with van der Waals surface area (Å²) in [7, 11) is 0. The molecule has 0 aromatic rings. The lowest BCUT2D eigenvalue weighted by atomic mass is 9.66. The molecule has 0 heterocycles. The first-order valence-corrected chi connectivity index (χ1v) is 5.96. The average molecular weight is 207 g/mol. The molecule has 1 saturated carbocycles. The fraction of sp³-hybridized carbons (Fsp3) is 0.769. The van der Waals surface area contributed by atoms with E-state index in [1.54, 1.807) is 6.92 Å². The van der Waals surface area contributed by atoms with Crippen LogP contribution in [0.2, 0.25) is 0 Å². The number of hydrogen-bond donors (Lipinski definition) is 1. The molecule has 2 rings (SSSR count). The van der Waals surface area contributed by atoms with Crippen molar-refractivity contribution in [3.05, 3.63) is 12.2 Å². The van der Waals surface area contributed by atoms with Crippen molar-refractivity contribution in [3.63, 3.8) is 0 Å². The largest absolute Gasteiger partial charge is 0.351 e. The number of nitrogens with one attached hydrogen (secondary N) is 1. The summed E-state index contributed by atoms with van der Waals surface area (Å²) in [6, 6.07) is 0. The highest BCUT2D eigenvalue weighted by atomic mass is 16.1. The van der Waals surface area contributed by atoms with E-state index in [1.807, 2.05) is 0 Å². The maximum Gasteiger partial charge on any atom is 0.217 e. The second-order valence-electron chi connectivity index (χ2n) is 5.53. The summed E-state index contributed by atoms with van der Waals surface area (Å²) >= 11 is 0. The maximum absolute atomic E-state index is 11.2. The van der Waals surface area contributed by atoms with Gasteiger partial charge in [-0.2, -0.15) is 0 Å². The zero-order valence-corrected chi connectivity index (χ0v) is 9.92. The molecule has 15 heavy (non-hydrogen) atoms. The Bertz CT molecular complexity index is 297. The Morgan fingerprint density at radius 2 is 2.27 bits per heavy atom. The van der Waals surface area contributed by atoms with Crippen LogP contribution in [0.1, 0.15) is 40.0 Å². The van der Waals surface area contributed by atoms with Gasteiger partial charge in [0.1, 0.15) is 0 Å². The van der Waals surface area contributed by atoms with Crippen LogP contribution in [0.15, 0.2) is 12.2 Å². The van der Waals surface area contributed by atoms with E-state index in [2.05, 4.69) is 31.3 Å². The predicted octanol–water partition coefficient (Wildman–Crippen LogP) is 2.50. The number of allylic oxidation sites excluding steroid dienone is 2. The van der Waals surface area contributed by atoms with Crippen molar-refractivity contribution in [1.29, 1.82) is 0 Å². The van der Waals surface area contributed by atoms with Crippen LogP contribution in [0.4, 0.5) is 0 Å². The average Bonchev–Trinajstić information content (AvgIpc) is 2.50. The van der Waals surface area contributed by atoms with Gasteiger partial charge in [0, 0.05) is 12.5 Å². The van der Waals surface area contributed by atoms with Crippen LogP contribution in [0.3, 0.4) is 0 Å². The lowest BCUT2D eigenvalue weighted by Crippen LogP contribution is -2.54. The van der Waals surface area contributed by atoms with Crippen molar-refractivity contribution in [1.82, 2.24) is 5.32 Å². The molecule has 84 valence electrons. The van der Waals surface area contributed by atoms with Crippen molar-refractivity contribution < 1.29 is 4.79 Å². The summed E-state index contributed by atoms with van der Waals surface area (Å²) in [5.41, 5.74) is 0.00167. The molecule has 4 atom stereocenters. The van der Waals surface area contributed by atoms with Crippen molar-refractivity contribution in [2.24, 2.45) is 17.8 Å². The Labute approximate surface area is 92.1 Å². The number of hydrogen-bond acceptors (Lipinski definition) is 1. The monoisotopic (exact) mass is 207 g/mol. The number of rotatable bonds is 1. The summed E-state index contributed by atoms with van der Waals surface area (Å²) in [4.78, 5) is 11.2. The van der Waals surface area contributed by atoms with Crippen LogP contribution >= 0.6 is 0 Å². The Morgan fingerprint density at radius 3 is 2.93 bits per heavy atom. The summed E-state index contributed by atoms with van der Waals surface area (Å²) < 4.78 is 0. The summed E-state index contributed by atoms with van der Waals surface area (Å²) in [5, 5.41) is 3.15. The predicted molar refractivity (Wildman–Crippen MR) is 61.4 cm³/mol. The van der Waals surface area contributed by atoms with Gasteiger partial charge in [-0.25, -0.2) is 0 Å². The van der Waals surface area contributed by atoms with E-state index in [-0.39, 0.29) is 11.4 Å². The summed E-state index contributed by atoms with van der Waals surface area (Å²) in [6.45, 7) is 6.08. The van der Waals surface area contributed by atoms with Gasteiger partial charge < -0.3 is 5.32 Å². The van der Waals surface area contributed by atoms with Gasteiger partial charge in [-0.15, -0.1) is 0 Å². The second kappa shape index (κ2) is 3.66. The molecule has 2 heteroatoms. The molecule has 0 aliphatic heterocycles. The smallest absolute Gasteiger partial charge is 0.217 e. The van der Waals surface area contributed by atoms with Gasteiger partial charge in [0.05, 0.1) is 0 Å². The molecule has 2 aliphatic carbocycles. The van der Waals surface area contributed by atoms with E-state index in [9.17, 15) is 4.79 Å². The van der Waals surface area contributed by atoms with Gasteiger partial charge in [-0.3, -0.25) is 4.79 Å². The van der Waals surface area contributed by atoms with E-state index in [0.29, 0.717) is 11.8 Å². The van der Waals surface area contributed by atoms with E-state index in [4.69, 9.17) is 0 Å². The van der Waals surface area contributed by atoms with Gasteiger partial charge >= 0.3 is 0 Å². The maximum atomic E-state index is 11.2. The fourth-order valence-corrected chi connectivity index (χ4v) is 3.25. The highest BCUT2D eigenvalue weighted by molar-refractivity contribution is 5.73. The summed E-state index contributed by atoms with van der Waals surface area (Å²) in [6.07, 6.45) is 8.24. The van der Waals surface area contributed by atoms with Crippen LogP contribution in [0.25, 0.3) is 0 Å². The van der Waals surface area contributed by atoms with Crippen LogP contribution < -0.4 is 5.32 Å². The molecule has 1 fully saturated rings. The van der Waals surface area contributed by atoms with Gasteiger partial charge in [0.15, 0.2) is 0 Å². The van der Waals surface area contributed by atoms with Crippen molar-refractivity contribution in [2.75, 3.05) is 0 Å². The highest BCUT2D eigenvalue weighted by Gasteiger charge is 2.43. The second-order valence-corrected chi connectivity index (χ2v) is 5.53. The fourth-order valence-electron chi connectivity index (χ4n) is 3.25. The zero-order chi connectivity index (χ0) is 11.1. The summed E-state index contributed by atoms with van der Waals surface area (Å²) in [5.74, 6) is 2.22. The Balaban J connectivity index is 2.11. The van der Waals surface area contributed by atoms with Crippen LogP contribution in [0, 0.1) is 17.8 Å². The topological polar surface area (TPSA) is 29.1 Å². The molecule has 0 saturated heterocycles. The number of carbonyl (C=O) groups excluding carboxylic acids is 1. The lowest BCUT2D eigenvalue weighted by molar-refractivity contribution is -0.122. The standard InChI is InChI=1S/C13H21NO/c1-9-7-11-5-4-6-12(11)8-13(9,3)14-10(2)15/h4,6,9,11-12H,5,7-8H2,1-3H3,(H,14,15)/t9-,11-,12+,13+/m1/s1. The SMILES string of the molecule is CC(=O)N[C@@]1(C)C[C@@H]2C=CC[C@@H]2C[C@H]1C. The molecule has 1 amide bonds. The Hall–Kier alpha value is -0.790. The van der Waals surface area contributed by atoms with E-state index in [0.717, 1.165) is 12.3 Å². The van der Waals surface area contributed by atoms with E-state index < -0.39 is 0 Å². The molecule has 0 bridgehead atoms. The van der Waals surface area contributed by atoms with E-state index >= 15 is 0 Å². The first-order chi connectivity index (χ1) is 7.01. The quantitative estimate of drug-likeness (QED) is 0.658. The van der Waals surface area contributed by atoms with E-state index in [1.165, 1.54) is 12.8 Å². The number of amides is 1. The molecule has 1 N–H and O–H groups in total. The molecular weight excluding hydrogens is 186 g/mol.